The number of benzene rings is 1. The van der Waals surface area contributed by atoms with E-state index in [0.717, 1.165) is 0 Å². The Balaban J connectivity index is 3.04. The molecular formula is C8H9ClFNO. The third-order valence-corrected chi connectivity index (χ3v) is 1.98. The molecule has 0 bridgehead atoms. The summed E-state index contributed by atoms with van der Waals surface area (Å²) in [4.78, 5) is 4.35. The van der Waals surface area contributed by atoms with E-state index in [2.05, 4.69) is 4.84 Å². The van der Waals surface area contributed by atoms with Crippen molar-refractivity contribution in [3.63, 3.8) is 0 Å². The van der Waals surface area contributed by atoms with Gasteiger partial charge in [-0.15, -0.1) is 0 Å². The van der Waals surface area contributed by atoms with Gasteiger partial charge >= 0.3 is 0 Å². The minimum Gasteiger partial charge on any atom is -0.300 e. The quantitative estimate of drug-likeness (QED) is 0.724. The number of nitrogens with two attached hydrogens (primary N) is 1. The molecule has 0 radical (unpaired) electrons. The van der Waals surface area contributed by atoms with Gasteiger partial charge in [-0.1, -0.05) is 11.6 Å². The van der Waals surface area contributed by atoms with Crippen molar-refractivity contribution in [3.8, 4) is 0 Å². The van der Waals surface area contributed by atoms with E-state index >= 15 is 0 Å². The molecule has 0 aliphatic carbocycles. The normalized spacial score (nSPS) is 10.3. The fourth-order valence-electron chi connectivity index (χ4n) is 0.877. The highest BCUT2D eigenvalue weighted by molar-refractivity contribution is 6.31. The zero-order valence-electron chi connectivity index (χ0n) is 6.60. The van der Waals surface area contributed by atoms with Gasteiger partial charge in [-0.05, 0) is 24.6 Å². The van der Waals surface area contributed by atoms with Crippen LogP contribution in [0.15, 0.2) is 12.1 Å². The number of halogens is 2. The van der Waals surface area contributed by atoms with Gasteiger partial charge in [0, 0.05) is 10.6 Å². The Kier molecular flexibility index (Phi) is 3.03. The van der Waals surface area contributed by atoms with Crippen LogP contribution in [0.5, 0.6) is 0 Å². The lowest BCUT2D eigenvalue weighted by atomic mass is 10.1. The molecule has 12 heavy (non-hydrogen) atoms. The Bertz CT molecular complexity index is 267. The summed E-state index contributed by atoms with van der Waals surface area (Å²) in [7, 11) is 0. The third-order valence-electron chi connectivity index (χ3n) is 1.59. The van der Waals surface area contributed by atoms with E-state index in [1.165, 1.54) is 6.07 Å². The second kappa shape index (κ2) is 3.85. The van der Waals surface area contributed by atoms with Crippen LogP contribution in [0.4, 0.5) is 4.39 Å². The molecular weight excluding hydrogens is 181 g/mol. The highest BCUT2D eigenvalue weighted by Crippen LogP contribution is 2.20. The molecule has 0 spiro atoms. The molecule has 0 heterocycles. The summed E-state index contributed by atoms with van der Waals surface area (Å²) in [6, 6.07) is 2.99. The van der Waals surface area contributed by atoms with Gasteiger partial charge in [0.25, 0.3) is 0 Å². The van der Waals surface area contributed by atoms with Gasteiger partial charge in [-0.25, -0.2) is 10.3 Å². The number of hydrogen-bond donors (Lipinski definition) is 1. The molecule has 0 saturated heterocycles. The summed E-state index contributed by atoms with van der Waals surface area (Å²) >= 11 is 5.72. The van der Waals surface area contributed by atoms with Crippen LogP contribution < -0.4 is 5.90 Å². The van der Waals surface area contributed by atoms with E-state index in [4.69, 9.17) is 17.5 Å². The van der Waals surface area contributed by atoms with E-state index < -0.39 is 0 Å². The molecule has 0 unspecified atom stereocenters. The molecule has 66 valence electrons. The third kappa shape index (κ3) is 1.94. The van der Waals surface area contributed by atoms with E-state index in [1.807, 2.05) is 0 Å². The van der Waals surface area contributed by atoms with Crippen LogP contribution in [-0.2, 0) is 11.4 Å². The lowest BCUT2D eigenvalue weighted by Crippen LogP contribution is -2.00. The van der Waals surface area contributed by atoms with Crippen molar-refractivity contribution in [1.82, 2.24) is 0 Å². The molecule has 1 rings (SSSR count). The first-order chi connectivity index (χ1) is 5.65. The Hall–Kier alpha value is -0.640. The molecule has 1 aromatic carbocycles. The van der Waals surface area contributed by atoms with Gasteiger partial charge in [0.05, 0.1) is 6.61 Å². The molecule has 0 aliphatic rings. The topological polar surface area (TPSA) is 35.2 Å². The first-order valence-corrected chi connectivity index (χ1v) is 3.79. The average molecular weight is 190 g/mol. The Morgan fingerprint density at radius 3 is 2.75 bits per heavy atom. The molecule has 1 aromatic rings. The second-order valence-electron chi connectivity index (χ2n) is 2.50. The molecule has 0 saturated carbocycles. The molecule has 0 aliphatic heterocycles. The van der Waals surface area contributed by atoms with E-state index in [0.29, 0.717) is 16.1 Å². The zero-order chi connectivity index (χ0) is 9.14. The maximum Gasteiger partial charge on any atom is 0.127 e. The van der Waals surface area contributed by atoms with Gasteiger partial charge in [0.15, 0.2) is 0 Å². The standard InChI is InChI=1S/C8H9ClFNO/c1-5-7(9)2-6(4-12-11)3-8(5)10/h2-3H,4,11H2,1H3. The Labute approximate surface area is 75.0 Å². The lowest BCUT2D eigenvalue weighted by molar-refractivity contribution is 0.124. The largest absolute Gasteiger partial charge is 0.300 e. The molecule has 2 N–H and O–H groups in total. The fraction of sp³-hybridized carbons (Fsp3) is 0.250. The summed E-state index contributed by atoms with van der Waals surface area (Å²) in [5.74, 6) is 4.49. The summed E-state index contributed by atoms with van der Waals surface area (Å²) in [5, 5.41) is 0.391. The van der Waals surface area contributed by atoms with Gasteiger partial charge in [-0.3, -0.25) is 4.84 Å². The Morgan fingerprint density at radius 2 is 2.25 bits per heavy atom. The minimum absolute atomic E-state index is 0.164. The predicted octanol–water partition coefficient (Wildman–Crippen LogP) is 2.18. The molecule has 0 amide bonds. The highest BCUT2D eigenvalue weighted by atomic mass is 35.5. The van der Waals surface area contributed by atoms with E-state index in [9.17, 15) is 4.39 Å². The van der Waals surface area contributed by atoms with Crippen molar-refractivity contribution in [1.29, 1.82) is 0 Å². The van der Waals surface area contributed by atoms with Crippen LogP contribution in [0.2, 0.25) is 5.02 Å². The maximum absolute atomic E-state index is 13.0. The second-order valence-corrected chi connectivity index (χ2v) is 2.90. The fourth-order valence-corrected chi connectivity index (χ4v) is 1.11. The van der Waals surface area contributed by atoms with Crippen molar-refractivity contribution in [2.75, 3.05) is 0 Å². The minimum atomic E-state index is -0.338. The molecule has 4 heteroatoms. The van der Waals surface area contributed by atoms with Crippen LogP contribution in [0.1, 0.15) is 11.1 Å². The monoisotopic (exact) mass is 189 g/mol. The maximum atomic E-state index is 13.0. The van der Waals surface area contributed by atoms with Gasteiger partial charge in [0.1, 0.15) is 5.82 Å². The first-order valence-electron chi connectivity index (χ1n) is 3.41. The predicted molar refractivity (Wildman–Crippen MR) is 45.1 cm³/mol. The smallest absolute Gasteiger partial charge is 0.127 e. The highest BCUT2D eigenvalue weighted by Gasteiger charge is 2.04. The summed E-state index contributed by atoms with van der Waals surface area (Å²) in [6.07, 6.45) is 0. The van der Waals surface area contributed by atoms with Crippen molar-refractivity contribution in [3.05, 3.63) is 34.1 Å². The van der Waals surface area contributed by atoms with E-state index in [1.54, 1.807) is 13.0 Å². The number of rotatable bonds is 2. The van der Waals surface area contributed by atoms with Crippen LogP contribution in [-0.4, -0.2) is 0 Å². The van der Waals surface area contributed by atoms with Gasteiger partial charge < -0.3 is 0 Å². The summed E-state index contributed by atoms with van der Waals surface area (Å²) in [5.41, 5.74) is 1.07. The van der Waals surface area contributed by atoms with E-state index in [-0.39, 0.29) is 12.4 Å². The lowest BCUT2D eigenvalue weighted by Gasteiger charge is -2.03. The van der Waals surface area contributed by atoms with Gasteiger partial charge in [0.2, 0.25) is 0 Å². The molecule has 2 nitrogen and oxygen atoms in total. The first kappa shape index (κ1) is 9.45. The zero-order valence-corrected chi connectivity index (χ0v) is 7.36. The molecule has 0 atom stereocenters. The summed E-state index contributed by atoms with van der Waals surface area (Å²) in [6.45, 7) is 1.78. The van der Waals surface area contributed by atoms with Crippen molar-refractivity contribution in [2.24, 2.45) is 5.90 Å². The van der Waals surface area contributed by atoms with Crippen LogP contribution in [0, 0.1) is 12.7 Å². The van der Waals surface area contributed by atoms with Crippen LogP contribution in [0.25, 0.3) is 0 Å². The van der Waals surface area contributed by atoms with Crippen LogP contribution >= 0.6 is 11.6 Å². The van der Waals surface area contributed by atoms with Crippen molar-refractivity contribution >= 4 is 11.6 Å². The Morgan fingerprint density at radius 1 is 1.58 bits per heavy atom. The molecule has 0 aromatic heterocycles. The van der Waals surface area contributed by atoms with Crippen LogP contribution in [0.3, 0.4) is 0 Å². The summed E-state index contributed by atoms with van der Waals surface area (Å²) < 4.78 is 13.0. The average Bonchev–Trinajstić information content (AvgIpc) is 2.01. The van der Waals surface area contributed by atoms with Crippen molar-refractivity contribution in [2.45, 2.75) is 13.5 Å². The number of hydrogen-bond acceptors (Lipinski definition) is 2. The molecule has 0 fully saturated rings. The SMILES string of the molecule is Cc1c(F)cc(CON)cc1Cl. The van der Waals surface area contributed by atoms with Crippen molar-refractivity contribution < 1.29 is 9.23 Å². The van der Waals surface area contributed by atoms with Gasteiger partial charge in [-0.2, -0.15) is 0 Å².